The van der Waals surface area contributed by atoms with Crippen molar-refractivity contribution in [2.75, 3.05) is 17.7 Å². The van der Waals surface area contributed by atoms with Crippen LogP contribution in [0, 0.1) is 0 Å². The zero-order chi connectivity index (χ0) is 16.1. The lowest BCUT2D eigenvalue weighted by Gasteiger charge is -2.20. The Morgan fingerprint density at radius 1 is 1.48 bits per heavy atom. The molecule has 2 aromatic rings. The molecule has 0 aromatic carbocycles. The van der Waals surface area contributed by atoms with Crippen molar-refractivity contribution in [3.05, 3.63) is 11.9 Å². The van der Waals surface area contributed by atoms with Crippen LogP contribution in [0.2, 0.25) is 0 Å². The minimum atomic E-state index is -0.738. The van der Waals surface area contributed by atoms with Gasteiger partial charge in [0, 0.05) is 12.6 Å². The lowest BCUT2D eigenvalue weighted by atomic mass is 10.1. The average Bonchev–Trinajstić information content (AvgIpc) is 3.11. The normalized spacial score (nSPS) is 29.7. The molecule has 23 heavy (non-hydrogen) atoms. The molecule has 7 N–H and O–H groups in total. The molecule has 0 aliphatic carbocycles. The second-order valence-corrected chi connectivity index (χ2v) is 5.59. The van der Waals surface area contributed by atoms with Crippen LogP contribution in [0.3, 0.4) is 0 Å². The first-order valence-electron chi connectivity index (χ1n) is 7.24. The number of rotatable bonds is 2. The first-order valence-corrected chi connectivity index (χ1v) is 7.24. The molecular formula is C13H17N7O3. The number of nitrogens with zero attached hydrogens (tertiary/aromatic N) is 4. The summed E-state index contributed by atoms with van der Waals surface area (Å²) >= 11 is 0. The van der Waals surface area contributed by atoms with Crippen molar-refractivity contribution in [3.63, 3.8) is 0 Å². The number of fused-ring (bicyclic) bond motifs is 3. The predicted octanol–water partition coefficient (Wildman–Crippen LogP) is -1.26. The Kier molecular flexibility index (Phi) is 3.20. The van der Waals surface area contributed by atoms with Gasteiger partial charge in [-0.05, 0) is 0 Å². The Labute approximate surface area is 130 Å². The Hall–Kier alpha value is -2.27. The molecule has 0 amide bonds. The van der Waals surface area contributed by atoms with Crippen molar-refractivity contribution in [1.82, 2.24) is 14.5 Å². The molecule has 2 aliphatic rings. The van der Waals surface area contributed by atoms with Gasteiger partial charge in [-0.25, -0.2) is 9.97 Å². The van der Waals surface area contributed by atoms with Gasteiger partial charge in [-0.2, -0.15) is 0 Å². The van der Waals surface area contributed by atoms with E-state index in [1.807, 2.05) is 0 Å². The van der Waals surface area contributed by atoms with Gasteiger partial charge in [0.15, 0.2) is 12.1 Å². The fourth-order valence-corrected chi connectivity index (χ4v) is 2.99. The summed E-state index contributed by atoms with van der Waals surface area (Å²) in [5, 5.41) is 22.1. The van der Waals surface area contributed by atoms with E-state index >= 15 is 0 Å². The third kappa shape index (κ3) is 2.15. The number of hydrogen-bond donors (Lipinski definition) is 5. The van der Waals surface area contributed by atoms with Crippen LogP contribution in [0.1, 0.15) is 18.2 Å². The Morgan fingerprint density at radius 2 is 2.30 bits per heavy atom. The van der Waals surface area contributed by atoms with Crippen molar-refractivity contribution in [3.8, 4) is 0 Å². The monoisotopic (exact) mass is 319 g/mol. The van der Waals surface area contributed by atoms with Crippen LogP contribution in [0.15, 0.2) is 11.3 Å². The maximum absolute atomic E-state index is 9.95. The summed E-state index contributed by atoms with van der Waals surface area (Å²) in [4.78, 5) is 12.7. The molecular weight excluding hydrogens is 302 g/mol. The van der Waals surface area contributed by atoms with Crippen molar-refractivity contribution < 1.29 is 14.9 Å². The number of aliphatic hydroxyl groups excluding tert-OH is 2. The summed E-state index contributed by atoms with van der Waals surface area (Å²) in [6.07, 6.45) is 1.16. The van der Waals surface area contributed by atoms with Gasteiger partial charge in [-0.15, -0.1) is 0 Å². The predicted molar refractivity (Wildman–Crippen MR) is 82.8 cm³/mol. The summed E-state index contributed by atoms with van der Waals surface area (Å²) in [5.74, 6) is 0.793. The minimum Gasteiger partial charge on any atom is -0.394 e. The van der Waals surface area contributed by atoms with Crippen molar-refractivity contribution in [2.45, 2.75) is 31.1 Å². The zero-order valence-corrected chi connectivity index (χ0v) is 12.1. The van der Waals surface area contributed by atoms with Crippen LogP contribution < -0.4 is 16.8 Å². The van der Waals surface area contributed by atoms with Crippen molar-refractivity contribution in [1.29, 1.82) is 0 Å². The van der Waals surface area contributed by atoms with E-state index in [4.69, 9.17) is 16.2 Å². The fraction of sp³-hybridized carbons (Fsp3) is 0.462. The third-order valence-electron chi connectivity index (χ3n) is 4.12. The molecule has 1 fully saturated rings. The number of aliphatic hydroxyl groups is 2. The van der Waals surface area contributed by atoms with E-state index in [2.05, 4.69) is 20.3 Å². The minimum absolute atomic E-state index is 0.246. The van der Waals surface area contributed by atoms with E-state index in [0.29, 0.717) is 28.8 Å². The molecule has 2 aliphatic heterocycles. The summed E-state index contributed by atoms with van der Waals surface area (Å²) < 4.78 is 7.47. The topological polar surface area (TPSA) is 157 Å². The molecule has 2 unspecified atom stereocenters. The molecule has 1 saturated heterocycles. The highest BCUT2D eigenvalue weighted by atomic mass is 16.5. The number of anilines is 2. The van der Waals surface area contributed by atoms with E-state index in [-0.39, 0.29) is 12.4 Å². The molecule has 0 spiro atoms. The maximum Gasteiger partial charge on any atom is 0.172 e. The van der Waals surface area contributed by atoms with E-state index < -0.39 is 24.7 Å². The van der Waals surface area contributed by atoms with Crippen LogP contribution in [-0.4, -0.2) is 56.1 Å². The van der Waals surface area contributed by atoms with Crippen LogP contribution in [-0.2, 0) is 4.74 Å². The maximum atomic E-state index is 9.95. The summed E-state index contributed by atoms with van der Waals surface area (Å²) in [7, 11) is 0. The quantitative estimate of drug-likeness (QED) is 0.459. The molecule has 122 valence electrons. The second kappa shape index (κ2) is 5.13. The summed E-state index contributed by atoms with van der Waals surface area (Å²) in [6, 6.07) is 0. The first-order chi connectivity index (χ1) is 11.1. The molecule has 10 nitrogen and oxygen atoms in total. The Morgan fingerprint density at radius 3 is 3.04 bits per heavy atom. The molecule has 10 heteroatoms. The molecule has 0 radical (unpaired) electrons. The molecule has 4 heterocycles. The van der Waals surface area contributed by atoms with Gasteiger partial charge in [0.05, 0.1) is 30.1 Å². The van der Waals surface area contributed by atoms with Crippen LogP contribution in [0.25, 0.3) is 11.0 Å². The Balaban J connectivity index is 1.85. The number of nitrogen functional groups attached to an aromatic ring is 1. The second-order valence-electron chi connectivity index (χ2n) is 5.59. The summed E-state index contributed by atoms with van der Waals surface area (Å²) in [6.45, 7) is -0.246. The van der Waals surface area contributed by atoms with Crippen molar-refractivity contribution >= 4 is 28.9 Å². The molecule has 4 atom stereocenters. The van der Waals surface area contributed by atoms with Gasteiger partial charge in [-0.3, -0.25) is 10.7 Å². The largest absolute Gasteiger partial charge is 0.394 e. The number of hydrogen-bond acceptors (Lipinski definition) is 9. The van der Waals surface area contributed by atoms with Gasteiger partial charge < -0.3 is 30.6 Å². The van der Waals surface area contributed by atoms with E-state index in [1.165, 1.54) is 0 Å². The van der Waals surface area contributed by atoms with Gasteiger partial charge in [-0.1, -0.05) is 0 Å². The van der Waals surface area contributed by atoms with Crippen LogP contribution >= 0.6 is 0 Å². The third-order valence-corrected chi connectivity index (χ3v) is 4.12. The molecule has 2 aromatic heterocycles. The number of nitrogens with one attached hydrogen (secondary N) is 1. The highest BCUT2D eigenvalue weighted by molar-refractivity contribution is 6.05. The van der Waals surface area contributed by atoms with E-state index in [1.54, 1.807) is 17.1 Å². The number of nitrogens with two attached hydrogens (primary N) is 2. The van der Waals surface area contributed by atoms with Gasteiger partial charge in [0.25, 0.3) is 0 Å². The number of pyridine rings is 1. The molecule has 4 rings (SSSR count). The highest BCUT2D eigenvalue weighted by Crippen LogP contribution is 2.35. The Bertz CT molecular complexity index is 789. The highest BCUT2D eigenvalue weighted by Gasteiger charge is 2.36. The van der Waals surface area contributed by atoms with Gasteiger partial charge >= 0.3 is 0 Å². The number of ether oxygens (including phenoxy) is 1. The molecule has 0 saturated carbocycles. The number of aromatic nitrogens is 3. The summed E-state index contributed by atoms with van der Waals surface area (Å²) in [5.41, 5.74) is 13.6. The SMILES string of the molecule is Nc1nc2c(c3c1ncn3[C@H]1C[C@@H](O)C(CO)O1)C=NC(N)N2. The lowest BCUT2D eigenvalue weighted by molar-refractivity contribution is -0.0430. The number of aliphatic imine (C=N–C) groups is 1. The molecule has 0 bridgehead atoms. The van der Waals surface area contributed by atoms with E-state index in [0.717, 1.165) is 0 Å². The standard InChI is InChI=1S/C13H17N7O3/c14-11-9-10(5-2-16-13(15)19-12(5)18-11)20(4-17-9)8-1-6(22)7(3-21)23-8/h2,4,6-8,13,21-22H,1,3,15H2,(H3,14,18,19)/t6-,7?,8-,13?/m1/s1. The van der Waals surface area contributed by atoms with E-state index in [9.17, 15) is 10.2 Å². The lowest BCUT2D eigenvalue weighted by Crippen LogP contribution is -2.31. The van der Waals surface area contributed by atoms with Crippen LogP contribution in [0.4, 0.5) is 11.6 Å². The van der Waals surface area contributed by atoms with Gasteiger partial charge in [0.2, 0.25) is 0 Å². The average molecular weight is 319 g/mol. The van der Waals surface area contributed by atoms with Crippen LogP contribution in [0.5, 0.6) is 0 Å². The smallest absolute Gasteiger partial charge is 0.172 e. The number of imidazole rings is 1. The van der Waals surface area contributed by atoms with Gasteiger partial charge in [0.1, 0.15) is 23.7 Å². The zero-order valence-electron chi connectivity index (χ0n) is 12.1. The first kappa shape index (κ1) is 14.3. The van der Waals surface area contributed by atoms with Crippen molar-refractivity contribution in [2.24, 2.45) is 10.7 Å². The fourth-order valence-electron chi connectivity index (χ4n) is 2.99.